The van der Waals surface area contributed by atoms with Gasteiger partial charge in [0.1, 0.15) is 0 Å². The number of hydrogen-bond donors (Lipinski definition) is 2. The van der Waals surface area contributed by atoms with Crippen molar-refractivity contribution >= 4 is 33.4 Å². The Morgan fingerprint density at radius 3 is 2.61 bits per heavy atom. The highest BCUT2D eigenvalue weighted by atomic mass is 32.2. The first-order chi connectivity index (χ1) is 13.3. The zero-order valence-corrected chi connectivity index (χ0v) is 17.4. The number of hydrogen-bond acceptors (Lipinski definition) is 6. The van der Waals surface area contributed by atoms with Crippen molar-refractivity contribution in [2.24, 2.45) is 5.92 Å². The number of fused-ring (bicyclic) bond motifs is 1. The van der Waals surface area contributed by atoms with Crippen LogP contribution in [0, 0.1) is 5.92 Å². The second kappa shape index (κ2) is 8.42. The van der Waals surface area contributed by atoms with Gasteiger partial charge in [-0.3, -0.25) is 4.79 Å². The van der Waals surface area contributed by atoms with Gasteiger partial charge in [0.25, 0.3) is 0 Å². The van der Waals surface area contributed by atoms with Gasteiger partial charge in [0.2, 0.25) is 15.9 Å². The summed E-state index contributed by atoms with van der Waals surface area (Å²) >= 11 is 1.53. The lowest BCUT2D eigenvalue weighted by atomic mass is 10.2. The summed E-state index contributed by atoms with van der Waals surface area (Å²) in [5.41, 5.74) is 1.25. The highest BCUT2D eigenvalue weighted by Crippen LogP contribution is 2.34. The molecule has 0 unspecified atom stereocenters. The molecule has 0 spiro atoms. The summed E-state index contributed by atoms with van der Waals surface area (Å²) < 4.78 is 38.4. The number of sulfonamides is 1. The van der Waals surface area contributed by atoms with Gasteiger partial charge in [0, 0.05) is 23.1 Å². The minimum Gasteiger partial charge on any atom is -0.493 e. The van der Waals surface area contributed by atoms with Crippen LogP contribution in [-0.2, 0) is 21.4 Å². The van der Waals surface area contributed by atoms with E-state index in [0.717, 1.165) is 10.5 Å². The molecule has 0 saturated heterocycles. The highest BCUT2D eigenvalue weighted by Gasteiger charge is 2.23. The second-order valence-electron chi connectivity index (χ2n) is 6.37. The fourth-order valence-electron chi connectivity index (χ4n) is 2.70. The average molecular weight is 423 g/mol. The fourth-order valence-corrected chi connectivity index (χ4v) is 4.75. The lowest BCUT2D eigenvalue weighted by Gasteiger charge is -2.12. The van der Waals surface area contributed by atoms with E-state index < -0.39 is 10.0 Å². The van der Waals surface area contributed by atoms with E-state index in [1.165, 1.54) is 32.0 Å². The molecule has 0 radical (unpaired) electrons. The van der Waals surface area contributed by atoms with Crippen molar-refractivity contribution < 1.29 is 22.7 Å². The molecular weight excluding hydrogens is 400 g/mol. The van der Waals surface area contributed by atoms with Crippen LogP contribution in [0.3, 0.4) is 0 Å². The first-order valence-electron chi connectivity index (χ1n) is 8.62. The highest BCUT2D eigenvalue weighted by molar-refractivity contribution is 7.99. The van der Waals surface area contributed by atoms with Crippen LogP contribution in [0.4, 0.5) is 5.69 Å². The molecule has 9 heteroatoms. The summed E-state index contributed by atoms with van der Waals surface area (Å²) in [4.78, 5) is 13.0. The maximum atomic E-state index is 12.7. The van der Waals surface area contributed by atoms with Crippen molar-refractivity contribution in [3.05, 3.63) is 42.0 Å². The van der Waals surface area contributed by atoms with Gasteiger partial charge in [-0.25, -0.2) is 13.1 Å². The van der Waals surface area contributed by atoms with E-state index in [4.69, 9.17) is 9.47 Å². The average Bonchev–Trinajstić information content (AvgIpc) is 2.84. The Morgan fingerprint density at radius 2 is 1.89 bits per heavy atom. The quantitative estimate of drug-likeness (QED) is 0.744. The lowest BCUT2D eigenvalue weighted by Crippen LogP contribution is -2.24. The van der Waals surface area contributed by atoms with E-state index in [0.29, 0.717) is 22.9 Å². The summed E-state index contributed by atoms with van der Waals surface area (Å²) in [7, 11) is -0.692. The first-order valence-corrected chi connectivity index (χ1v) is 11.1. The molecule has 2 aromatic rings. The van der Waals surface area contributed by atoms with Crippen molar-refractivity contribution in [3.63, 3.8) is 0 Å². The predicted molar refractivity (Wildman–Crippen MR) is 109 cm³/mol. The zero-order chi connectivity index (χ0) is 20.3. The number of ether oxygens (including phenoxy) is 2. The summed E-state index contributed by atoms with van der Waals surface area (Å²) in [5.74, 6) is 1.50. The summed E-state index contributed by atoms with van der Waals surface area (Å²) in [5, 5.41) is 2.80. The molecule has 1 aliphatic heterocycles. The molecule has 150 valence electrons. The number of carbonyl (C=O) groups excluding carboxylic acids is 1. The molecule has 1 amide bonds. The van der Waals surface area contributed by atoms with Crippen molar-refractivity contribution in [3.8, 4) is 11.5 Å². The van der Waals surface area contributed by atoms with Gasteiger partial charge in [-0.2, -0.15) is 0 Å². The van der Waals surface area contributed by atoms with Gasteiger partial charge in [0.05, 0.1) is 24.8 Å². The monoisotopic (exact) mass is 422 g/mol. The summed E-state index contributed by atoms with van der Waals surface area (Å²) in [6, 6.07) is 9.97. The van der Waals surface area contributed by atoms with Crippen LogP contribution >= 0.6 is 11.8 Å². The van der Waals surface area contributed by atoms with E-state index in [9.17, 15) is 13.2 Å². The van der Waals surface area contributed by atoms with Gasteiger partial charge in [-0.15, -0.1) is 11.8 Å². The molecule has 1 heterocycles. The Hall–Kier alpha value is -2.23. The molecule has 1 atom stereocenters. The maximum Gasteiger partial charge on any atom is 0.240 e. The number of rotatable bonds is 6. The smallest absolute Gasteiger partial charge is 0.240 e. The van der Waals surface area contributed by atoms with Crippen LogP contribution in [0.2, 0.25) is 0 Å². The standard InChI is InChI=1S/C19H22N2O5S2/c1-12-11-27-18-7-5-14(9-15(18)21-19(12)22)28(23,24)20-10-13-4-6-16(25-2)17(8-13)26-3/h4-9,12,20H,10-11H2,1-3H3,(H,21,22)/t12-/m0/s1. The summed E-state index contributed by atoms with van der Waals surface area (Å²) in [6.45, 7) is 1.94. The molecule has 0 aromatic heterocycles. The van der Waals surface area contributed by atoms with Crippen molar-refractivity contribution in [1.82, 2.24) is 4.72 Å². The van der Waals surface area contributed by atoms with E-state index in [2.05, 4.69) is 10.0 Å². The molecule has 0 fully saturated rings. The van der Waals surface area contributed by atoms with Crippen molar-refractivity contribution in [2.75, 3.05) is 25.3 Å². The van der Waals surface area contributed by atoms with E-state index in [-0.39, 0.29) is 23.3 Å². The molecule has 28 heavy (non-hydrogen) atoms. The third-order valence-electron chi connectivity index (χ3n) is 4.37. The number of anilines is 1. The zero-order valence-electron chi connectivity index (χ0n) is 15.8. The van der Waals surface area contributed by atoms with Crippen LogP contribution in [-0.4, -0.2) is 34.3 Å². The fraction of sp³-hybridized carbons (Fsp3) is 0.316. The SMILES string of the molecule is COc1ccc(CNS(=O)(=O)c2ccc3c(c2)NC(=O)[C@@H](C)CS3)cc1OC. The number of nitrogens with one attached hydrogen (secondary N) is 2. The molecule has 2 N–H and O–H groups in total. The Bertz CT molecular complexity index is 992. The topological polar surface area (TPSA) is 93.7 Å². The number of carbonyl (C=O) groups is 1. The van der Waals surface area contributed by atoms with Crippen molar-refractivity contribution in [1.29, 1.82) is 0 Å². The van der Waals surface area contributed by atoms with E-state index >= 15 is 0 Å². The lowest BCUT2D eigenvalue weighted by molar-refractivity contribution is -0.118. The third kappa shape index (κ3) is 4.43. The predicted octanol–water partition coefficient (Wildman–Crippen LogP) is 2.86. The van der Waals surface area contributed by atoms with Gasteiger partial charge >= 0.3 is 0 Å². The van der Waals surface area contributed by atoms with Gasteiger partial charge in [-0.1, -0.05) is 13.0 Å². The largest absolute Gasteiger partial charge is 0.493 e. The van der Waals surface area contributed by atoms with Gasteiger partial charge < -0.3 is 14.8 Å². The van der Waals surface area contributed by atoms with Crippen molar-refractivity contribution in [2.45, 2.75) is 23.3 Å². The van der Waals surface area contributed by atoms with Crippen LogP contribution in [0.25, 0.3) is 0 Å². The van der Waals surface area contributed by atoms with Gasteiger partial charge in [-0.05, 0) is 35.9 Å². The number of methoxy groups -OCH3 is 2. The molecule has 1 aliphatic rings. The van der Waals surface area contributed by atoms with Crippen LogP contribution in [0.15, 0.2) is 46.2 Å². The Kier molecular flexibility index (Phi) is 6.17. The number of thioether (sulfide) groups is 1. The Labute approximate surface area is 168 Å². The van der Waals surface area contributed by atoms with Crippen LogP contribution in [0.1, 0.15) is 12.5 Å². The normalized spacial score (nSPS) is 16.7. The third-order valence-corrected chi connectivity index (χ3v) is 7.10. The number of amides is 1. The molecule has 7 nitrogen and oxygen atoms in total. The minimum absolute atomic E-state index is 0.0952. The minimum atomic E-state index is -3.75. The maximum absolute atomic E-state index is 12.7. The second-order valence-corrected chi connectivity index (χ2v) is 9.20. The molecule has 0 aliphatic carbocycles. The molecule has 2 aromatic carbocycles. The molecule has 0 saturated carbocycles. The van der Waals surface area contributed by atoms with Gasteiger partial charge in [0.15, 0.2) is 11.5 Å². The van der Waals surface area contributed by atoms with Crippen LogP contribution < -0.4 is 19.5 Å². The summed E-state index contributed by atoms with van der Waals surface area (Å²) in [6.07, 6.45) is 0. The van der Waals surface area contributed by atoms with E-state index in [1.807, 2.05) is 6.92 Å². The van der Waals surface area contributed by atoms with Crippen LogP contribution in [0.5, 0.6) is 11.5 Å². The van der Waals surface area contributed by atoms with E-state index in [1.54, 1.807) is 30.3 Å². The Balaban J connectivity index is 1.78. The molecular formula is C19H22N2O5S2. The number of benzene rings is 2. The molecule has 0 bridgehead atoms. The molecule has 3 rings (SSSR count). The Morgan fingerprint density at radius 1 is 1.14 bits per heavy atom. The first kappa shape index (κ1) is 20.5.